The lowest BCUT2D eigenvalue weighted by Crippen LogP contribution is -2.25. The molecule has 3 heterocycles. The molecule has 4 aromatic rings. The molecule has 5 rings (SSSR count). The number of nitrogen functional groups attached to an aromatic ring is 1. The summed E-state index contributed by atoms with van der Waals surface area (Å²) in [5.74, 6) is 0.885. The van der Waals surface area contributed by atoms with E-state index >= 15 is 0 Å². The van der Waals surface area contributed by atoms with Gasteiger partial charge in [0.25, 0.3) is 0 Å². The van der Waals surface area contributed by atoms with Crippen LogP contribution in [0.3, 0.4) is 0 Å². The minimum atomic E-state index is 0.320. The number of hydrogen-bond acceptors (Lipinski definition) is 7. The zero-order chi connectivity index (χ0) is 20.7. The van der Waals surface area contributed by atoms with E-state index in [9.17, 15) is 0 Å². The van der Waals surface area contributed by atoms with Crippen LogP contribution in [-0.4, -0.2) is 25.6 Å². The van der Waals surface area contributed by atoms with E-state index in [2.05, 4.69) is 32.9 Å². The van der Waals surface area contributed by atoms with Gasteiger partial charge in [0.2, 0.25) is 0 Å². The summed E-state index contributed by atoms with van der Waals surface area (Å²) in [6, 6.07) is 10.4. The fourth-order valence-corrected chi connectivity index (χ4v) is 4.72. The molecule has 1 aliphatic rings. The SMILES string of the molecule is Cc1nc(-c2ccc(Nc3cc(N)nn4cc([C@H]5CC[C@H](N)CC5)nc34)cc2)cs1. The fourth-order valence-electron chi connectivity index (χ4n) is 4.09. The van der Waals surface area contributed by atoms with Crippen molar-refractivity contribution in [2.24, 2.45) is 5.73 Å². The van der Waals surface area contributed by atoms with E-state index in [1.165, 1.54) is 0 Å². The van der Waals surface area contributed by atoms with Crippen LogP contribution < -0.4 is 16.8 Å². The van der Waals surface area contributed by atoms with Crippen molar-refractivity contribution in [1.29, 1.82) is 0 Å². The number of benzene rings is 1. The van der Waals surface area contributed by atoms with Gasteiger partial charge in [-0.2, -0.15) is 0 Å². The Balaban J connectivity index is 1.42. The molecule has 154 valence electrons. The number of thiazole rings is 1. The van der Waals surface area contributed by atoms with E-state index in [0.717, 1.165) is 64.7 Å². The summed E-state index contributed by atoms with van der Waals surface area (Å²) in [6.45, 7) is 2.02. The zero-order valence-corrected chi connectivity index (χ0v) is 17.7. The number of rotatable bonds is 4. The summed E-state index contributed by atoms with van der Waals surface area (Å²) < 4.78 is 1.79. The van der Waals surface area contributed by atoms with Gasteiger partial charge < -0.3 is 16.8 Å². The lowest BCUT2D eigenvalue weighted by Gasteiger charge is -2.24. The monoisotopic (exact) mass is 419 g/mol. The van der Waals surface area contributed by atoms with E-state index < -0.39 is 0 Å². The summed E-state index contributed by atoms with van der Waals surface area (Å²) in [5, 5.41) is 11.0. The molecule has 1 aromatic carbocycles. The summed E-state index contributed by atoms with van der Waals surface area (Å²) in [4.78, 5) is 9.45. The number of anilines is 3. The molecule has 1 aliphatic carbocycles. The summed E-state index contributed by atoms with van der Waals surface area (Å²) >= 11 is 1.66. The van der Waals surface area contributed by atoms with Crippen LogP contribution >= 0.6 is 11.3 Å². The van der Waals surface area contributed by atoms with Crippen molar-refractivity contribution in [3.8, 4) is 11.3 Å². The van der Waals surface area contributed by atoms with E-state index in [1.54, 1.807) is 15.9 Å². The third-order valence-electron chi connectivity index (χ3n) is 5.73. The van der Waals surface area contributed by atoms with Crippen LogP contribution in [0.2, 0.25) is 0 Å². The van der Waals surface area contributed by atoms with Crippen molar-refractivity contribution in [2.45, 2.75) is 44.6 Å². The van der Waals surface area contributed by atoms with Crippen LogP contribution in [0.15, 0.2) is 41.9 Å². The Morgan fingerprint density at radius 1 is 1.10 bits per heavy atom. The van der Waals surface area contributed by atoms with E-state index in [0.29, 0.717) is 17.8 Å². The Morgan fingerprint density at radius 3 is 2.57 bits per heavy atom. The average molecular weight is 420 g/mol. The molecule has 5 N–H and O–H groups in total. The van der Waals surface area contributed by atoms with Crippen LogP contribution in [0.4, 0.5) is 17.2 Å². The Bertz CT molecular complexity index is 1170. The third kappa shape index (κ3) is 3.76. The van der Waals surface area contributed by atoms with Gasteiger partial charge in [-0.15, -0.1) is 16.4 Å². The second-order valence-corrected chi connectivity index (χ2v) is 9.04. The highest BCUT2D eigenvalue weighted by Gasteiger charge is 2.23. The molecule has 0 spiro atoms. The number of nitrogens with zero attached hydrogens (tertiary/aromatic N) is 4. The molecule has 0 amide bonds. The van der Waals surface area contributed by atoms with Crippen LogP contribution in [-0.2, 0) is 0 Å². The average Bonchev–Trinajstić information content (AvgIpc) is 3.35. The number of hydrogen-bond donors (Lipinski definition) is 3. The van der Waals surface area contributed by atoms with Crippen molar-refractivity contribution in [3.63, 3.8) is 0 Å². The second kappa shape index (κ2) is 7.70. The molecule has 7 nitrogen and oxygen atoms in total. The van der Waals surface area contributed by atoms with Gasteiger partial charge in [0.1, 0.15) is 5.82 Å². The van der Waals surface area contributed by atoms with Gasteiger partial charge in [-0.1, -0.05) is 12.1 Å². The van der Waals surface area contributed by atoms with Crippen molar-refractivity contribution >= 4 is 34.2 Å². The fraction of sp³-hybridized carbons (Fsp3) is 0.318. The number of nitrogens with two attached hydrogens (primary N) is 2. The molecule has 1 saturated carbocycles. The minimum Gasteiger partial charge on any atom is -0.382 e. The first-order valence-electron chi connectivity index (χ1n) is 10.3. The van der Waals surface area contributed by atoms with Gasteiger partial charge in [-0.25, -0.2) is 14.5 Å². The molecular weight excluding hydrogens is 394 g/mol. The van der Waals surface area contributed by atoms with Gasteiger partial charge in [0.15, 0.2) is 5.65 Å². The minimum absolute atomic E-state index is 0.320. The predicted molar refractivity (Wildman–Crippen MR) is 122 cm³/mol. The number of aryl methyl sites for hydroxylation is 1. The summed E-state index contributed by atoms with van der Waals surface area (Å²) in [5.41, 5.74) is 17.9. The molecule has 1 fully saturated rings. The van der Waals surface area contributed by atoms with Crippen LogP contribution in [0.5, 0.6) is 0 Å². The summed E-state index contributed by atoms with van der Waals surface area (Å²) in [6.07, 6.45) is 6.24. The number of fused-ring (bicyclic) bond motifs is 1. The topological polar surface area (TPSA) is 107 Å². The van der Waals surface area contributed by atoms with Crippen molar-refractivity contribution in [2.75, 3.05) is 11.1 Å². The molecule has 0 atom stereocenters. The smallest absolute Gasteiger partial charge is 0.177 e. The maximum atomic E-state index is 6.06. The standard InChI is InChI=1S/C22H25N7S/c1-13-25-20(12-30-13)15-4-8-17(9-5-15)26-18-10-21(24)28-29-11-19(27-22(18)29)14-2-6-16(23)7-3-14/h4-5,8-12,14,16,26H,2-3,6-7,23H2,1H3,(H2,24,28)/t14-,16-. The molecule has 0 aliphatic heterocycles. The van der Waals surface area contributed by atoms with Gasteiger partial charge in [-0.05, 0) is 44.7 Å². The normalized spacial score (nSPS) is 19.3. The maximum Gasteiger partial charge on any atom is 0.177 e. The molecular formula is C22H25N7S. The van der Waals surface area contributed by atoms with Gasteiger partial charge in [-0.3, -0.25) is 0 Å². The van der Waals surface area contributed by atoms with Crippen molar-refractivity contribution in [3.05, 3.63) is 52.6 Å². The first kappa shape index (κ1) is 19.0. The third-order valence-corrected chi connectivity index (χ3v) is 6.51. The number of aromatic nitrogens is 4. The first-order valence-corrected chi connectivity index (χ1v) is 11.1. The van der Waals surface area contributed by atoms with Crippen LogP contribution in [0.1, 0.15) is 42.3 Å². The number of imidazole rings is 1. The van der Waals surface area contributed by atoms with E-state index in [1.807, 2.05) is 31.3 Å². The zero-order valence-electron chi connectivity index (χ0n) is 16.9. The molecule has 0 radical (unpaired) electrons. The van der Waals surface area contributed by atoms with Crippen molar-refractivity contribution < 1.29 is 0 Å². The number of nitrogens with one attached hydrogen (secondary N) is 1. The highest BCUT2D eigenvalue weighted by atomic mass is 32.1. The quantitative estimate of drug-likeness (QED) is 0.450. The maximum absolute atomic E-state index is 6.06. The first-order chi connectivity index (χ1) is 14.5. The molecule has 30 heavy (non-hydrogen) atoms. The van der Waals surface area contributed by atoms with E-state index in [-0.39, 0.29) is 0 Å². The van der Waals surface area contributed by atoms with Crippen LogP contribution in [0, 0.1) is 6.92 Å². The molecule has 8 heteroatoms. The second-order valence-electron chi connectivity index (χ2n) is 7.98. The largest absolute Gasteiger partial charge is 0.382 e. The van der Waals surface area contributed by atoms with Gasteiger partial charge in [0.05, 0.1) is 28.3 Å². The highest BCUT2D eigenvalue weighted by Crippen LogP contribution is 2.33. The molecule has 0 bridgehead atoms. The Morgan fingerprint density at radius 2 is 1.87 bits per heavy atom. The molecule has 3 aromatic heterocycles. The Labute approximate surface area is 179 Å². The lowest BCUT2D eigenvalue weighted by atomic mass is 9.85. The van der Waals surface area contributed by atoms with Crippen molar-refractivity contribution in [1.82, 2.24) is 19.6 Å². The summed E-state index contributed by atoms with van der Waals surface area (Å²) in [7, 11) is 0. The Kier molecular flexibility index (Phi) is 4.88. The van der Waals surface area contributed by atoms with E-state index in [4.69, 9.17) is 16.5 Å². The van der Waals surface area contributed by atoms with Gasteiger partial charge in [0, 0.05) is 34.7 Å². The molecule has 0 saturated heterocycles. The Hall–Kier alpha value is -2.97. The predicted octanol–water partition coefficient (Wildman–Crippen LogP) is 4.47. The highest BCUT2D eigenvalue weighted by molar-refractivity contribution is 7.09. The van der Waals surface area contributed by atoms with Gasteiger partial charge >= 0.3 is 0 Å². The molecule has 0 unspecified atom stereocenters. The lowest BCUT2D eigenvalue weighted by molar-refractivity contribution is 0.391. The van der Waals surface area contributed by atoms with Crippen LogP contribution in [0.25, 0.3) is 16.9 Å².